The minimum Gasteiger partial charge on any atom is -0.508 e. The van der Waals surface area contributed by atoms with E-state index in [1.54, 1.807) is 6.07 Å². The van der Waals surface area contributed by atoms with Crippen molar-refractivity contribution in [1.82, 2.24) is 4.90 Å². The molecule has 0 radical (unpaired) electrons. The molecule has 1 saturated heterocycles. The van der Waals surface area contributed by atoms with Crippen LogP contribution in [0.3, 0.4) is 0 Å². The van der Waals surface area contributed by atoms with E-state index in [1.165, 1.54) is 5.56 Å². The fraction of sp³-hybridized carbons (Fsp3) is 0.348. The van der Waals surface area contributed by atoms with Crippen molar-refractivity contribution >= 4 is 11.6 Å². The molecule has 1 fully saturated rings. The number of anilines is 1. The maximum Gasteiger partial charge on any atom is 0.256 e. The van der Waals surface area contributed by atoms with Crippen molar-refractivity contribution in [1.29, 1.82) is 0 Å². The van der Waals surface area contributed by atoms with Crippen molar-refractivity contribution in [3.05, 3.63) is 71.3 Å². The molecule has 1 amide bonds. The van der Waals surface area contributed by atoms with E-state index in [0.29, 0.717) is 43.5 Å². The van der Waals surface area contributed by atoms with E-state index in [-0.39, 0.29) is 17.9 Å². The highest BCUT2D eigenvalue weighted by Gasteiger charge is 2.40. The quantitative estimate of drug-likeness (QED) is 0.785. The van der Waals surface area contributed by atoms with Gasteiger partial charge in [0.1, 0.15) is 5.75 Å². The third kappa shape index (κ3) is 2.78. The Kier molecular flexibility index (Phi) is 4.32. The molecule has 2 N–H and O–H groups in total. The Morgan fingerprint density at radius 3 is 2.68 bits per heavy atom. The van der Waals surface area contributed by atoms with Crippen molar-refractivity contribution in [2.45, 2.75) is 18.4 Å². The number of rotatable bonds is 2. The number of fused-ring (bicyclic) bond motifs is 3. The Bertz CT molecular complexity index is 933. The number of phenolic OH excluding ortho intramolecular Hbond substituents is 1. The Hall–Kier alpha value is -2.79. The summed E-state index contributed by atoms with van der Waals surface area (Å²) < 4.78 is 5.40. The molecule has 3 atom stereocenters. The molecule has 5 heteroatoms. The van der Waals surface area contributed by atoms with Gasteiger partial charge in [-0.2, -0.15) is 0 Å². The van der Waals surface area contributed by atoms with Crippen LogP contribution in [0.15, 0.2) is 54.6 Å². The monoisotopic (exact) mass is 376 g/mol. The average Bonchev–Trinajstić information content (AvgIpc) is 3.24. The third-order valence-electron chi connectivity index (χ3n) is 6.20. The zero-order chi connectivity index (χ0) is 19.1. The van der Waals surface area contributed by atoms with Gasteiger partial charge in [0, 0.05) is 24.6 Å². The zero-order valence-electron chi connectivity index (χ0n) is 15.7. The second-order valence-corrected chi connectivity index (χ2v) is 7.71. The number of para-hydroxylation sites is 2. The van der Waals surface area contributed by atoms with Crippen molar-refractivity contribution in [2.75, 3.05) is 31.6 Å². The summed E-state index contributed by atoms with van der Waals surface area (Å²) in [7, 11) is 0. The van der Waals surface area contributed by atoms with Crippen LogP contribution < -0.4 is 5.32 Å². The number of allylic oxidation sites excluding steroid dienone is 2. The van der Waals surface area contributed by atoms with Crippen molar-refractivity contribution in [3.8, 4) is 5.75 Å². The van der Waals surface area contributed by atoms with Crippen LogP contribution in [0.1, 0.15) is 39.9 Å². The van der Waals surface area contributed by atoms with Gasteiger partial charge in [-0.05, 0) is 30.0 Å². The number of ether oxygens (including phenoxy) is 1. The van der Waals surface area contributed by atoms with Crippen LogP contribution >= 0.6 is 0 Å². The van der Waals surface area contributed by atoms with Gasteiger partial charge in [0.05, 0.1) is 30.5 Å². The highest BCUT2D eigenvalue weighted by Crippen LogP contribution is 2.51. The standard InChI is InChI=1S/C23H24N2O3/c26-20-10-2-1-5-18(20)21-16-7-3-6-15(16)17-8-4-9-19(22(17)24-21)23(27)25-11-13-28-14-12-25/h1-6,8-10,15-16,21,24,26H,7,11-14H2. The minimum absolute atomic E-state index is 0.0349. The molecule has 2 aliphatic heterocycles. The summed E-state index contributed by atoms with van der Waals surface area (Å²) in [5.74, 6) is 0.919. The lowest BCUT2D eigenvalue weighted by atomic mass is 9.76. The topological polar surface area (TPSA) is 61.8 Å². The smallest absolute Gasteiger partial charge is 0.256 e. The summed E-state index contributed by atoms with van der Waals surface area (Å²) >= 11 is 0. The summed E-state index contributed by atoms with van der Waals surface area (Å²) in [6.45, 7) is 2.42. The van der Waals surface area contributed by atoms with Crippen molar-refractivity contribution < 1.29 is 14.6 Å². The number of amides is 1. The molecular formula is C23H24N2O3. The number of aromatic hydroxyl groups is 1. The summed E-state index contributed by atoms with van der Waals surface area (Å²) in [5, 5.41) is 14.1. The van der Waals surface area contributed by atoms with Gasteiger partial charge >= 0.3 is 0 Å². The number of benzene rings is 2. The Balaban J connectivity index is 1.57. The van der Waals surface area contributed by atoms with Gasteiger partial charge in [0.15, 0.2) is 0 Å². The van der Waals surface area contributed by atoms with Crippen LogP contribution in [0.25, 0.3) is 0 Å². The predicted molar refractivity (Wildman–Crippen MR) is 108 cm³/mol. The molecule has 1 aliphatic carbocycles. The summed E-state index contributed by atoms with van der Waals surface area (Å²) in [4.78, 5) is 15.1. The number of carbonyl (C=O) groups excluding carboxylic acids is 1. The van der Waals surface area contributed by atoms with Gasteiger partial charge in [-0.1, -0.05) is 42.5 Å². The van der Waals surface area contributed by atoms with Crippen LogP contribution in [-0.2, 0) is 4.74 Å². The van der Waals surface area contributed by atoms with Gasteiger partial charge in [-0.3, -0.25) is 4.79 Å². The molecule has 28 heavy (non-hydrogen) atoms. The fourth-order valence-corrected chi connectivity index (χ4v) is 4.79. The first-order valence-corrected chi connectivity index (χ1v) is 9.95. The van der Waals surface area contributed by atoms with Crippen molar-refractivity contribution in [3.63, 3.8) is 0 Å². The molecule has 0 saturated carbocycles. The highest BCUT2D eigenvalue weighted by atomic mass is 16.5. The number of phenols is 1. The molecule has 2 heterocycles. The molecule has 144 valence electrons. The number of hydrogen-bond acceptors (Lipinski definition) is 4. The fourth-order valence-electron chi connectivity index (χ4n) is 4.79. The molecule has 0 bridgehead atoms. The Morgan fingerprint density at radius 1 is 1.07 bits per heavy atom. The SMILES string of the molecule is O=C(c1cccc2c1NC(c1ccccc1O)C1CC=CC21)N1CCOCC1. The maximum atomic E-state index is 13.2. The largest absolute Gasteiger partial charge is 0.508 e. The summed E-state index contributed by atoms with van der Waals surface area (Å²) in [6, 6.07) is 13.5. The number of nitrogens with zero attached hydrogens (tertiary/aromatic N) is 1. The first kappa shape index (κ1) is 17.3. The molecule has 5 nitrogen and oxygen atoms in total. The highest BCUT2D eigenvalue weighted by molar-refractivity contribution is 6.01. The zero-order valence-corrected chi connectivity index (χ0v) is 15.7. The Morgan fingerprint density at radius 2 is 1.86 bits per heavy atom. The number of hydrogen-bond donors (Lipinski definition) is 2. The van der Waals surface area contributed by atoms with Crippen LogP contribution in [0.5, 0.6) is 5.75 Å². The maximum absolute atomic E-state index is 13.2. The molecule has 0 aromatic heterocycles. The van der Waals surface area contributed by atoms with Gasteiger partial charge in [0.2, 0.25) is 0 Å². The first-order valence-electron chi connectivity index (χ1n) is 9.95. The van der Waals surface area contributed by atoms with Crippen LogP contribution in [0, 0.1) is 5.92 Å². The molecule has 5 rings (SSSR count). The molecular weight excluding hydrogens is 352 g/mol. The van der Waals surface area contributed by atoms with Gasteiger partial charge in [0.25, 0.3) is 5.91 Å². The number of morpholine rings is 1. The Labute approximate surface area is 164 Å². The second-order valence-electron chi connectivity index (χ2n) is 7.71. The molecule has 0 spiro atoms. The van der Waals surface area contributed by atoms with Gasteiger partial charge < -0.3 is 20.1 Å². The lowest BCUT2D eigenvalue weighted by molar-refractivity contribution is 0.0303. The normalized spacial score (nSPS) is 25.7. The lowest BCUT2D eigenvalue weighted by Gasteiger charge is -2.39. The van der Waals surface area contributed by atoms with Gasteiger partial charge in [-0.15, -0.1) is 0 Å². The van der Waals surface area contributed by atoms with E-state index in [9.17, 15) is 9.90 Å². The van der Waals surface area contributed by atoms with Crippen LogP contribution in [-0.4, -0.2) is 42.2 Å². The van der Waals surface area contributed by atoms with E-state index in [1.807, 2.05) is 35.2 Å². The van der Waals surface area contributed by atoms with Gasteiger partial charge in [-0.25, -0.2) is 0 Å². The van der Waals surface area contributed by atoms with E-state index in [2.05, 4.69) is 23.5 Å². The number of nitrogens with one attached hydrogen (secondary N) is 1. The lowest BCUT2D eigenvalue weighted by Crippen LogP contribution is -2.41. The summed E-state index contributed by atoms with van der Waals surface area (Å²) in [5.41, 5.74) is 3.67. The first-order chi connectivity index (χ1) is 13.7. The van der Waals surface area contributed by atoms with Crippen LogP contribution in [0.2, 0.25) is 0 Å². The number of carbonyl (C=O) groups is 1. The minimum atomic E-state index is -0.0349. The van der Waals surface area contributed by atoms with E-state index in [0.717, 1.165) is 17.7 Å². The third-order valence-corrected chi connectivity index (χ3v) is 6.20. The molecule has 3 unspecified atom stereocenters. The van der Waals surface area contributed by atoms with E-state index >= 15 is 0 Å². The average molecular weight is 376 g/mol. The molecule has 2 aromatic rings. The van der Waals surface area contributed by atoms with Crippen molar-refractivity contribution in [2.24, 2.45) is 5.92 Å². The molecule has 2 aromatic carbocycles. The van der Waals surface area contributed by atoms with Crippen LogP contribution in [0.4, 0.5) is 5.69 Å². The van der Waals surface area contributed by atoms with E-state index in [4.69, 9.17) is 4.74 Å². The van der Waals surface area contributed by atoms with E-state index < -0.39 is 0 Å². The molecule has 3 aliphatic rings. The second kappa shape index (κ2) is 6.99. The summed E-state index contributed by atoms with van der Waals surface area (Å²) in [6.07, 6.45) is 5.42. The predicted octanol–water partition coefficient (Wildman–Crippen LogP) is 3.69.